The van der Waals surface area contributed by atoms with Crippen molar-refractivity contribution in [2.45, 2.75) is 0 Å². The smallest absolute Gasteiger partial charge is 0.257 e. The van der Waals surface area contributed by atoms with Crippen LogP contribution >= 0.6 is 11.6 Å². The summed E-state index contributed by atoms with van der Waals surface area (Å²) in [4.78, 5) is 15.8. The third kappa shape index (κ3) is 3.14. The number of ether oxygens (including phenoxy) is 1. The number of hydrogen-bond acceptors (Lipinski definition) is 4. The Labute approximate surface area is 115 Å². The highest BCUT2D eigenvalue weighted by atomic mass is 35.5. The first-order chi connectivity index (χ1) is 9.10. The van der Waals surface area contributed by atoms with Crippen LogP contribution in [0.5, 0.6) is 5.75 Å². The molecule has 6 heteroatoms. The molecule has 0 aliphatic rings. The van der Waals surface area contributed by atoms with Crippen molar-refractivity contribution >= 4 is 29.0 Å². The van der Waals surface area contributed by atoms with Crippen molar-refractivity contribution in [2.75, 3.05) is 18.2 Å². The van der Waals surface area contributed by atoms with Crippen LogP contribution in [0.15, 0.2) is 36.5 Å². The molecule has 1 amide bonds. The Hall–Kier alpha value is -2.27. The maximum absolute atomic E-state index is 11.9. The fourth-order valence-electron chi connectivity index (χ4n) is 1.48. The fraction of sp³-hybridized carbons (Fsp3) is 0.0769. The second-order valence-electron chi connectivity index (χ2n) is 3.78. The molecule has 1 aromatic heterocycles. The second kappa shape index (κ2) is 5.58. The molecule has 0 saturated heterocycles. The van der Waals surface area contributed by atoms with Crippen LogP contribution in [0.2, 0.25) is 5.02 Å². The van der Waals surface area contributed by atoms with Gasteiger partial charge in [-0.25, -0.2) is 4.98 Å². The standard InChI is InChI=1S/C13H12ClN3O2/c1-19-11-6-9(3-4-10(11)14)17-13(18)8-2-5-12(15)16-7-8/h2-7H,1H3,(H2,15,16)(H,17,18). The van der Waals surface area contributed by atoms with Gasteiger partial charge in [0.1, 0.15) is 11.6 Å². The van der Waals surface area contributed by atoms with Crippen molar-refractivity contribution in [1.82, 2.24) is 4.98 Å². The Balaban J connectivity index is 2.17. The number of nitrogens with zero attached hydrogens (tertiary/aromatic N) is 1. The number of amides is 1. The SMILES string of the molecule is COc1cc(NC(=O)c2ccc(N)nc2)ccc1Cl. The van der Waals surface area contributed by atoms with Crippen molar-refractivity contribution in [3.63, 3.8) is 0 Å². The summed E-state index contributed by atoms with van der Waals surface area (Å²) >= 11 is 5.91. The number of rotatable bonds is 3. The van der Waals surface area contributed by atoms with Crippen LogP contribution in [0.4, 0.5) is 11.5 Å². The average Bonchev–Trinajstić information content (AvgIpc) is 2.41. The van der Waals surface area contributed by atoms with Gasteiger partial charge in [0.05, 0.1) is 17.7 Å². The van der Waals surface area contributed by atoms with Crippen LogP contribution in [0, 0.1) is 0 Å². The van der Waals surface area contributed by atoms with Crippen molar-refractivity contribution in [3.8, 4) is 5.75 Å². The largest absolute Gasteiger partial charge is 0.495 e. The first kappa shape index (κ1) is 13.2. The minimum atomic E-state index is -0.281. The number of benzene rings is 1. The molecule has 1 aromatic carbocycles. The lowest BCUT2D eigenvalue weighted by molar-refractivity contribution is 0.102. The van der Waals surface area contributed by atoms with Crippen LogP contribution < -0.4 is 15.8 Å². The minimum absolute atomic E-state index is 0.281. The summed E-state index contributed by atoms with van der Waals surface area (Å²) in [6.07, 6.45) is 1.41. The molecule has 0 aliphatic heterocycles. The zero-order chi connectivity index (χ0) is 13.8. The van der Waals surface area contributed by atoms with Crippen LogP contribution in [-0.4, -0.2) is 18.0 Å². The van der Waals surface area contributed by atoms with Crippen LogP contribution in [0.25, 0.3) is 0 Å². The van der Waals surface area contributed by atoms with E-state index in [0.29, 0.717) is 27.8 Å². The first-order valence-corrected chi connectivity index (χ1v) is 5.84. The lowest BCUT2D eigenvalue weighted by Crippen LogP contribution is -2.12. The molecule has 98 valence electrons. The van der Waals surface area contributed by atoms with Gasteiger partial charge < -0.3 is 15.8 Å². The van der Waals surface area contributed by atoms with E-state index >= 15 is 0 Å². The number of nitrogen functional groups attached to an aromatic ring is 1. The highest BCUT2D eigenvalue weighted by Gasteiger charge is 2.08. The highest BCUT2D eigenvalue weighted by Crippen LogP contribution is 2.27. The Kier molecular flexibility index (Phi) is 3.87. The summed E-state index contributed by atoms with van der Waals surface area (Å²) in [6.45, 7) is 0. The Bertz CT molecular complexity index is 599. The number of carbonyl (C=O) groups is 1. The molecule has 0 aliphatic carbocycles. The summed E-state index contributed by atoms with van der Waals surface area (Å²) in [5.41, 5.74) is 6.47. The van der Waals surface area contributed by atoms with Gasteiger partial charge in [-0.15, -0.1) is 0 Å². The molecule has 0 atom stereocenters. The first-order valence-electron chi connectivity index (χ1n) is 5.46. The number of methoxy groups -OCH3 is 1. The molecule has 0 fully saturated rings. The summed E-state index contributed by atoms with van der Waals surface area (Å²) < 4.78 is 5.08. The molecule has 0 spiro atoms. The normalized spacial score (nSPS) is 10.0. The van der Waals surface area contributed by atoms with E-state index in [1.165, 1.54) is 13.3 Å². The molecule has 0 saturated carbocycles. The zero-order valence-electron chi connectivity index (χ0n) is 10.2. The summed E-state index contributed by atoms with van der Waals surface area (Å²) in [5.74, 6) is 0.580. The number of aromatic nitrogens is 1. The lowest BCUT2D eigenvalue weighted by Gasteiger charge is -2.08. The molecule has 2 aromatic rings. The Morgan fingerprint density at radius 2 is 2.16 bits per heavy atom. The Morgan fingerprint density at radius 3 is 2.79 bits per heavy atom. The summed E-state index contributed by atoms with van der Waals surface area (Å²) in [5, 5.41) is 3.20. The number of hydrogen-bond donors (Lipinski definition) is 2. The van der Waals surface area contributed by atoms with Gasteiger partial charge in [-0.2, -0.15) is 0 Å². The number of pyridine rings is 1. The van der Waals surface area contributed by atoms with E-state index in [1.54, 1.807) is 30.3 Å². The predicted molar refractivity (Wildman–Crippen MR) is 74.6 cm³/mol. The van der Waals surface area contributed by atoms with Gasteiger partial charge >= 0.3 is 0 Å². The van der Waals surface area contributed by atoms with Gasteiger partial charge in [0, 0.05) is 18.0 Å². The number of carbonyl (C=O) groups excluding carboxylic acids is 1. The predicted octanol–water partition coefficient (Wildman–Crippen LogP) is 2.58. The quantitative estimate of drug-likeness (QED) is 0.904. The molecule has 2 rings (SSSR count). The van der Waals surface area contributed by atoms with Crippen LogP contribution in [0.1, 0.15) is 10.4 Å². The second-order valence-corrected chi connectivity index (χ2v) is 4.18. The molecule has 1 heterocycles. The topological polar surface area (TPSA) is 77.2 Å². The van der Waals surface area contributed by atoms with E-state index in [2.05, 4.69) is 10.3 Å². The van der Waals surface area contributed by atoms with E-state index in [4.69, 9.17) is 22.1 Å². The van der Waals surface area contributed by atoms with Gasteiger partial charge in [-0.3, -0.25) is 4.79 Å². The van der Waals surface area contributed by atoms with E-state index < -0.39 is 0 Å². The lowest BCUT2D eigenvalue weighted by atomic mass is 10.2. The maximum Gasteiger partial charge on any atom is 0.257 e. The van der Waals surface area contributed by atoms with E-state index in [1.807, 2.05) is 0 Å². The Morgan fingerprint density at radius 1 is 1.37 bits per heavy atom. The maximum atomic E-state index is 11.9. The molecule has 19 heavy (non-hydrogen) atoms. The van der Waals surface area contributed by atoms with Gasteiger partial charge in [-0.05, 0) is 24.3 Å². The summed E-state index contributed by atoms with van der Waals surface area (Å²) in [6, 6.07) is 8.15. The third-order valence-electron chi connectivity index (χ3n) is 2.46. The number of halogens is 1. The number of nitrogens with one attached hydrogen (secondary N) is 1. The fourth-order valence-corrected chi connectivity index (χ4v) is 1.68. The molecule has 5 nitrogen and oxygen atoms in total. The third-order valence-corrected chi connectivity index (χ3v) is 2.77. The number of anilines is 2. The van der Waals surface area contributed by atoms with Crippen LogP contribution in [-0.2, 0) is 0 Å². The molecule has 3 N–H and O–H groups in total. The van der Waals surface area contributed by atoms with Crippen molar-refractivity contribution in [2.24, 2.45) is 0 Å². The monoisotopic (exact) mass is 277 g/mol. The molecule has 0 radical (unpaired) electrons. The van der Waals surface area contributed by atoms with Crippen molar-refractivity contribution in [1.29, 1.82) is 0 Å². The highest BCUT2D eigenvalue weighted by molar-refractivity contribution is 6.32. The van der Waals surface area contributed by atoms with Gasteiger partial charge in [0.2, 0.25) is 0 Å². The van der Waals surface area contributed by atoms with Gasteiger partial charge in [-0.1, -0.05) is 11.6 Å². The average molecular weight is 278 g/mol. The number of nitrogens with two attached hydrogens (primary N) is 1. The van der Waals surface area contributed by atoms with Crippen molar-refractivity contribution < 1.29 is 9.53 Å². The van der Waals surface area contributed by atoms with Gasteiger partial charge in [0.15, 0.2) is 0 Å². The molecule has 0 bridgehead atoms. The van der Waals surface area contributed by atoms with E-state index in [0.717, 1.165) is 0 Å². The van der Waals surface area contributed by atoms with Gasteiger partial charge in [0.25, 0.3) is 5.91 Å². The molecular weight excluding hydrogens is 266 g/mol. The molecular formula is C13H12ClN3O2. The van der Waals surface area contributed by atoms with Crippen molar-refractivity contribution in [3.05, 3.63) is 47.1 Å². The van der Waals surface area contributed by atoms with Crippen LogP contribution in [0.3, 0.4) is 0 Å². The zero-order valence-corrected chi connectivity index (χ0v) is 10.9. The minimum Gasteiger partial charge on any atom is -0.495 e. The molecule has 0 unspecified atom stereocenters. The van der Waals surface area contributed by atoms with E-state index in [-0.39, 0.29) is 5.91 Å². The summed E-state index contributed by atoms with van der Waals surface area (Å²) in [7, 11) is 1.51. The van der Waals surface area contributed by atoms with E-state index in [9.17, 15) is 4.79 Å².